The maximum Gasteiger partial charge on any atom is 0.336 e. The van der Waals surface area contributed by atoms with Crippen LogP contribution in [0.5, 0.6) is 0 Å². The van der Waals surface area contributed by atoms with Gasteiger partial charge < -0.3 is 14.8 Å². The van der Waals surface area contributed by atoms with E-state index in [0.29, 0.717) is 18.7 Å². The second kappa shape index (κ2) is 5.33. The van der Waals surface area contributed by atoms with Gasteiger partial charge in [-0.3, -0.25) is 0 Å². The molecule has 1 aromatic carbocycles. The van der Waals surface area contributed by atoms with Gasteiger partial charge in [0, 0.05) is 17.0 Å². The molecule has 4 heteroatoms. The number of fused-ring (bicyclic) bond motifs is 1. The van der Waals surface area contributed by atoms with Crippen molar-refractivity contribution in [2.75, 3.05) is 13.2 Å². The number of hydrogen-bond donors (Lipinski definition) is 2. The maximum absolute atomic E-state index is 11.6. The van der Waals surface area contributed by atoms with Crippen molar-refractivity contribution in [1.82, 2.24) is 0 Å². The second-order valence-electron chi connectivity index (χ2n) is 4.48. The fraction of sp³-hybridized carbons (Fsp3) is 0.357. The Labute approximate surface area is 105 Å². The normalized spacial score (nSPS) is 11.1. The van der Waals surface area contributed by atoms with Gasteiger partial charge in [0.05, 0.1) is 13.2 Å². The lowest BCUT2D eigenvalue weighted by Crippen LogP contribution is -2.83. The van der Waals surface area contributed by atoms with Crippen LogP contribution in [0.25, 0.3) is 11.0 Å². The smallest absolute Gasteiger partial charge is 0.336 e. The molecule has 0 saturated carbocycles. The first-order valence-corrected chi connectivity index (χ1v) is 6.09. The van der Waals surface area contributed by atoms with Crippen LogP contribution in [0.1, 0.15) is 16.7 Å². The summed E-state index contributed by atoms with van der Waals surface area (Å²) < 4.78 is 5.30. The summed E-state index contributed by atoms with van der Waals surface area (Å²) in [5, 5.41) is 11.7. The average Bonchev–Trinajstić information content (AvgIpc) is 2.34. The predicted octanol–water partition coefficient (Wildman–Crippen LogP) is 0.466. The topological polar surface area (TPSA) is 67.1 Å². The number of hydrogen-bond acceptors (Lipinski definition) is 3. The average molecular weight is 248 g/mol. The van der Waals surface area contributed by atoms with Crippen LogP contribution in [0.3, 0.4) is 0 Å². The van der Waals surface area contributed by atoms with Crippen molar-refractivity contribution in [2.45, 2.75) is 20.4 Å². The summed E-state index contributed by atoms with van der Waals surface area (Å²) in [5.41, 5.74) is 3.44. The SMILES string of the molecule is Cc1ccc2c(C[NH2+]CCO)cc(=O)oc2c1C. The molecule has 0 bridgehead atoms. The summed E-state index contributed by atoms with van der Waals surface area (Å²) in [7, 11) is 0. The number of aliphatic hydroxyl groups is 1. The maximum atomic E-state index is 11.6. The van der Waals surface area contributed by atoms with E-state index < -0.39 is 0 Å². The molecule has 0 aliphatic rings. The third-order valence-corrected chi connectivity index (χ3v) is 3.21. The molecule has 0 atom stereocenters. The molecule has 18 heavy (non-hydrogen) atoms. The van der Waals surface area contributed by atoms with Crippen LogP contribution in [0.4, 0.5) is 0 Å². The van der Waals surface area contributed by atoms with Gasteiger partial charge in [-0.2, -0.15) is 0 Å². The number of aryl methyl sites for hydroxylation is 2. The Morgan fingerprint density at radius 3 is 2.83 bits per heavy atom. The fourth-order valence-corrected chi connectivity index (χ4v) is 2.04. The van der Waals surface area contributed by atoms with Crippen LogP contribution in [0.15, 0.2) is 27.4 Å². The molecule has 0 aliphatic carbocycles. The first-order valence-electron chi connectivity index (χ1n) is 6.09. The molecule has 1 aromatic heterocycles. The molecule has 0 fully saturated rings. The van der Waals surface area contributed by atoms with Crippen molar-refractivity contribution in [3.63, 3.8) is 0 Å². The third-order valence-electron chi connectivity index (χ3n) is 3.21. The Morgan fingerprint density at radius 2 is 2.11 bits per heavy atom. The quantitative estimate of drug-likeness (QED) is 0.610. The molecule has 0 spiro atoms. The Bertz CT molecular complexity index is 616. The molecule has 0 aliphatic heterocycles. The highest BCUT2D eigenvalue weighted by atomic mass is 16.4. The molecular weight excluding hydrogens is 230 g/mol. The molecule has 0 amide bonds. The minimum Gasteiger partial charge on any atom is -0.422 e. The molecule has 1 heterocycles. The molecular formula is C14H18NO3+. The van der Waals surface area contributed by atoms with Crippen LogP contribution in [-0.4, -0.2) is 18.3 Å². The first kappa shape index (κ1) is 12.8. The van der Waals surface area contributed by atoms with Crippen LogP contribution >= 0.6 is 0 Å². The van der Waals surface area contributed by atoms with Crippen molar-refractivity contribution in [1.29, 1.82) is 0 Å². The highest BCUT2D eigenvalue weighted by Crippen LogP contribution is 2.22. The van der Waals surface area contributed by atoms with E-state index in [1.807, 2.05) is 31.3 Å². The van der Waals surface area contributed by atoms with Crippen molar-refractivity contribution in [3.8, 4) is 0 Å². The molecule has 0 saturated heterocycles. The first-order chi connectivity index (χ1) is 8.63. The van der Waals surface area contributed by atoms with Crippen LogP contribution in [-0.2, 0) is 6.54 Å². The van der Waals surface area contributed by atoms with Gasteiger partial charge in [0.15, 0.2) is 0 Å². The van der Waals surface area contributed by atoms with Crippen molar-refractivity contribution < 1.29 is 14.8 Å². The van der Waals surface area contributed by atoms with E-state index in [1.165, 1.54) is 6.07 Å². The zero-order valence-electron chi connectivity index (χ0n) is 10.7. The van der Waals surface area contributed by atoms with E-state index in [9.17, 15) is 4.79 Å². The number of rotatable bonds is 4. The Morgan fingerprint density at radius 1 is 1.33 bits per heavy atom. The van der Waals surface area contributed by atoms with E-state index >= 15 is 0 Å². The number of benzene rings is 1. The second-order valence-corrected chi connectivity index (χ2v) is 4.48. The molecule has 4 nitrogen and oxygen atoms in total. The van der Waals surface area contributed by atoms with Crippen molar-refractivity contribution in [3.05, 3.63) is 45.3 Å². The minimum absolute atomic E-state index is 0.136. The summed E-state index contributed by atoms with van der Waals surface area (Å²) in [6.07, 6.45) is 0. The number of nitrogens with two attached hydrogens (primary N) is 1. The zero-order valence-corrected chi connectivity index (χ0v) is 10.7. The summed E-state index contributed by atoms with van der Waals surface area (Å²) in [6.45, 7) is 5.40. The Kier molecular flexibility index (Phi) is 3.79. The summed E-state index contributed by atoms with van der Waals surface area (Å²) in [4.78, 5) is 11.6. The Hall–Kier alpha value is -1.65. The van der Waals surface area contributed by atoms with Gasteiger partial charge in [-0.15, -0.1) is 0 Å². The van der Waals surface area contributed by atoms with Crippen LogP contribution in [0, 0.1) is 13.8 Å². The molecule has 96 valence electrons. The van der Waals surface area contributed by atoms with E-state index in [-0.39, 0.29) is 12.2 Å². The van der Waals surface area contributed by atoms with E-state index in [0.717, 1.165) is 22.1 Å². The molecule has 0 unspecified atom stereocenters. The standard InChI is InChI=1S/C14H17NO3/c1-9-3-4-12-11(8-15-5-6-16)7-13(17)18-14(12)10(9)2/h3-4,7,15-16H,5-6,8H2,1-2H3/p+1. The van der Waals surface area contributed by atoms with E-state index in [2.05, 4.69) is 0 Å². The minimum atomic E-state index is -0.316. The highest BCUT2D eigenvalue weighted by molar-refractivity contribution is 5.83. The molecule has 0 radical (unpaired) electrons. The van der Waals surface area contributed by atoms with E-state index in [4.69, 9.17) is 9.52 Å². The van der Waals surface area contributed by atoms with Gasteiger partial charge in [-0.25, -0.2) is 4.79 Å². The van der Waals surface area contributed by atoms with Gasteiger partial charge in [-0.1, -0.05) is 12.1 Å². The molecule has 2 aromatic rings. The third kappa shape index (κ3) is 2.44. The summed E-state index contributed by atoms with van der Waals surface area (Å²) in [5.74, 6) is 0. The Balaban J connectivity index is 2.52. The summed E-state index contributed by atoms with van der Waals surface area (Å²) >= 11 is 0. The van der Waals surface area contributed by atoms with Gasteiger partial charge in [0.1, 0.15) is 12.1 Å². The largest absolute Gasteiger partial charge is 0.422 e. The fourth-order valence-electron chi connectivity index (χ4n) is 2.04. The summed E-state index contributed by atoms with van der Waals surface area (Å²) in [6, 6.07) is 5.56. The number of quaternary nitrogens is 1. The van der Waals surface area contributed by atoms with Gasteiger partial charge in [-0.05, 0) is 25.0 Å². The van der Waals surface area contributed by atoms with Crippen molar-refractivity contribution in [2.24, 2.45) is 0 Å². The van der Waals surface area contributed by atoms with Crippen molar-refractivity contribution >= 4 is 11.0 Å². The molecule has 2 rings (SSSR count). The molecule has 3 N–H and O–H groups in total. The lowest BCUT2D eigenvalue weighted by Gasteiger charge is -2.08. The van der Waals surface area contributed by atoms with Gasteiger partial charge in [0.25, 0.3) is 0 Å². The number of aliphatic hydroxyl groups excluding tert-OH is 1. The van der Waals surface area contributed by atoms with Gasteiger partial charge >= 0.3 is 5.63 Å². The van der Waals surface area contributed by atoms with Crippen LogP contribution < -0.4 is 10.9 Å². The lowest BCUT2D eigenvalue weighted by atomic mass is 10.0. The predicted molar refractivity (Wildman–Crippen MR) is 69.5 cm³/mol. The van der Waals surface area contributed by atoms with Gasteiger partial charge in [0.2, 0.25) is 0 Å². The van der Waals surface area contributed by atoms with E-state index in [1.54, 1.807) is 0 Å². The monoisotopic (exact) mass is 248 g/mol. The zero-order chi connectivity index (χ0) is 13.1. The highest BCUT2D eigenvalue weighted by Gasteiger charge is 2.10. The van der Waals surface area contributed by atoms with Crippen LogP contribution in [0.2, 0.25) is 0 Å². The lowest BCUT2D eigenvalue weighted by molar-refractivity contribution is -0.671.